The van der Waals surface area contributed by atoms with Crippen molar-refractivity contribution in [3.63, 3.8) is 0 Å². The van der Waals surface area contributed by atoms with E-state index in [-0.39, 0.29) is 17.6 Å². The fourth-order valence-electron chi connectivity index (χ4n) is 4.77. The van der Waals surface area contributed by atoms with Gasteiger partial charge in [-0.25, -0.2) is 0 Å². The van der Waals surface area contributed by atoms with Crippen LogP contribution in [0.2, 0.25) is 0 Å². The summed E-state index contributed by atoms with van der Waals surface area (Å²) in [6, 6.07) is 24.3. The maximum atomic E-state index is 13.1. The first-order chi connectivity index (χ1) is 18.3. The van der Waals surface area contributed by atoms with Crippen molar-refractivity contribution in [2.75, 3.05) is 0 Å². The van der Waals surface area contributed by atoms with Gasteiger partial charge in [-0.1, -0.05) is 36.4 Å². The van der Waals surface area contributed by atoms with Gasteiger partial charge in [-0.3, -0.25) is 19.9 Å². The Balaban J connectivity index is 1.35. The second kappa shape index (κ2) is 10.3. The molecule has 1 N–H and O–H groups in total. The van der Waals surface area contributed by atoms with Crippen molar-refractivity contribution in [3.05, 3.63) is 129 Å². The average Bonchev–Trinajstić information content (AvgIpc) is 3.18. The van der Waals surface area contributed by atoms with Crippen molar-refractivity contribution in [3.8, 4) is 11.1 Å². The highest BCUT2D eigenvalue weighted by Crippen LogP contribution is 2.28. The number of rotatable bonds is 7. The van der Waals surface area contributed by atoms with Crippen LogP contribution in [-0.4, -0.2) is 20.4 Å². The first-order valence-corrected chi connectivity index (χ1v) is 12.5. The number of aryl methyl sites for hydroxylation is 1. The van der Waals surface area contributed by atoms with Crippen LogP contribution >= 0.6 is 0 Å². The topological polar surface area (TPSA) is 90.1 Å². The summed E-state index contributed by atoms with van der Waals surface area (Å²) in [5, 5.41) is 15.0. The summed E-state index contributed by atoms with van der Waals surface area (Å²) in [5.41, 5.74) is 8.28. The molecular formula is C31H28N4O3. The van der Waals surface area contributed by atoms with Gasteiger partial charge < -0.3 is 9.88 Å². The number of nitrogens with zero attached hydrogens (tertiary/aromatic N) is 3. The van der Waals surface area contributed by atoms with Crippen LogP contribution in [-0.2, 0) is 6.54 Å². The van der Waals surface area contributed by atoms with Crippen LogP contribution in [0.3, 0.4) is 0 Å². The minimum atomic E-state index is -0.434. The molecule has 0 bridgehead atoms. The number of hydrogen-bond donors (Lipinski definition) is 1. The van der Waals surface area contributed by atoms with Gasteiger partial charge in [0.25, 0.3) is 11.6 Å². The number of fused-ring (bicyclic) bond motifs is 1. The number of benzene rings is 3. The molecule has 0 unspecified atom stereocenters. The summed E-state index contributed by atoms with van der Waals surface area (Å²) in [6.45, 7) is 6.79. The number of amides is 1. The quantitative estimate of drug-likeness (QED) is 0.196. The molecule has 0 saturated heterocycles. The van der Waals surface area contributed by atoms with Crippen LogP contribution in [0.25, 0.3) is 22.0 Å². The number of hydrogen-bond acceptors (Lipinski definition) is 4. The lowest BCUT2D eigenvalue weighted by Crippen LogP contribution is -2.26. The number of non-ortho nitro benzene ring substituents is 1. The second-order valence-corrected chi connectivity index (χ2v) is 9.51. The Bertz CT molecular complexity index is 1620. The molecule has 2 aromatic heterocycles. The van der Waals surface area contributed by atoms with E-state index in [0.717, 1.165) is 45.4 Å². The highest BCUT2D eigenvalue weighted by molar-refractivity contribution is 5.99. The number of pyridine rings is 1. The molecule has 0 saturated carbocycles. The predicted molar refractivity (Wildman–Crippen MR) is 149 cm³/mol. The monoisotopic (exact) mass is 504 g/mol. The smallest absolute Gasteiger partial charge is 0.269 e. The predicted octanol–water partition coefficient (Wildman–Crippen LogP) is 6.77. The number of nitro groups is 1. The average molecular weight is 505 g/mol. The van der Waals surface area contributed by atoms with Crippen LogP contribution in [0, 0.1) is 24.0 Å². The van der Waals surface area contributed by atoms with E-state index in [4.69, 9.17) is 0 Å². The first kappa shape index (κ1) is 24.9. The molecule has 190 valence electrons. The minimum Gasteiger partial charge on any atom is -0.346 e. The summed E-state index contributed by atoms with van der Waals surface area (Å²) in [6.07, 6.45) is 3.60. The van der Waals surface area contributed by atoms with Crippen molar-refractivity contribution in [2.24, 2.45) is 0 Å². The largest absolute Gasteiger partial charge is 0.346 e. The molecule has 0 radical (unpaired) electrons. The Morgan fingerprint density at radius 2 is 1.61 bits per heavy atom. The van der Waals surface area contributed by atoms with Gasteiger partial charge in [0, 0.05) is 53.2 Å². The van der Waals surface area contributed by atoms with Gasteiger partial charge in [-0.05, 0) is 78.9 Å². The van der Waals surface area contributed by atoms with Gasteiger partial charge in [0.1, 0.15) is 0 Å². The first-order valence-electron chi connectivity index (χ1n) is 12.5. The van der Waals surface area contributed by atoms with Crippen molar-refractivity contribution >= 4 is 22.5 Å². The van der Waals surface area contributed by atoms with E-state index in [1.54, 1.807) is 24.5 Å². The van der Waals surface area contributed by atoms with Gasteiger partial charge in [0.05, 0.1) is 11.0 Å². The lowest BCUT2D eigenvalue weighted by molar-refractivity contribution is -0.384. The summed E-state index contributed by atoms with van der Waals surface area (Å²) in [4.78, 5) is 27.6. The zero-order valence-electron chi connectivity index (χ0n) is 21.5. The minimum absolute atomic E-state index is 0.0257. The molecule has 0 aliphatic carbocycles. The molecule has 38 heavy (non-hydrogen) atoms. The highest BCUT2D eigenvalue weighted by atomic mass is 16.6. The van der Waals surface area contributed by atoms with E-state index in [1.807, 2.05) is 37.3 Å². The SMILES string of the molecule is Cc1c(C)n(Cc2ccc(-c3ccncc3)cc2)c2ccc(C(=O)N[C@@H](C)c3ccc([N+](=O)[O-])cc3)cc12. The molecule has 0 fully saturated rings. The van der Waals surface area contributed by atoms with Crippen molar-refractivity contribution in [1.29, 1.82) is 0 Å². The normalized spacial score (nSPS) is 11.9. The van der Waals surface area contributed by atoms with Crippen molar-refractivity contribution in [1.82, 2.24) is 14.9 Å². The highest BCUT2D eigenvalue weighted by Gasteiger charge is 2.17. The maximum Gasteiger partial charge on any atom is 0.269 e. The molecule has 1 amide bonds. The lowest BCUT2D eigenvalue weighted by Gasteiger charge is -2.14. The van der Waals surface area contributed by atoms with E-state index < -0.39 is 4.92 Å². The molecule has 1 atom stereocenters. The van der Waals surface area contributed by atoms with E-state index in [1.165, 1.54) is 17.7 Å². The van der Waals surface area contributed by atoms with E-state index in [2.05, 4.69) is 53.0 Å². The second-order valence-electron chi connectivity index (χ2n) is 9.51. The van der Waals surface area contributed by atoms with Gasteiger partial charge in [0.2, 0.25) is 0 Å². The molecule has 7 heteroatoms. The number of carbonyl (C=O) groups is 1. The Morgan fingerprint density at radius 3 is 2.26 bits per heavy atom. The Labute approximate surface area is 220 Å². The number of carbonyl (C=O) groups excluding carboxylic acids is 1. The van der Waals surface area contributed by atoms with Gasteiger partial charge in [-0.15, -0.1) is 0 Å². The van der Waals surface area contributed by atoms with Crippen LogP contribution < -0.4 is 5.32 Å². The Kier molecular flexibility index (Phi) is 6.75. The maximum absolute atomic E-state index is 13.1. The van der Waals surface area contributed by atoms with Crippen LogP contribution in [0.1, 0.15) is 45.7 Å². The summed E-state index contributed by atoms with van der Waals surface area (Å²) >= 11 is 0. The third-order valence-electron chi connectivity index (χ3n) is 7.16. The molecule has 7 nitrogen and oxygen atoms in total. The van der Waals surface area contributed by atoms with Crippen LogP contribution in [0.4, 0.5) is 5.69 Å². The fourth-order valence-corrected chi connectivity index (χ4v) is 4.77. The molecule has 0 aliphatic rings. The molecule has 0 spiro atoms. The Hall–Kier alpha value is -4.78. The van der Waals surface area contributed by atoms with Crippen molar-refractivity contribution in [2.45, 2.75) is 33.4 Å². The van der Waals surface area contributed by atoms with E-state index in [9.17, 15) is 14.9 Å². The molecule has 5 aromatic rings. The van der Waals surface area contributed by atoms with Gasteiger partial charge in [-0.2, -0.15) is 0 Å². The fraction of sp³-hybridized carbons (Fsp3) is 0.161. The van der Waals surface area contributed by atoms with Gasteiger partial charge in [0.15, 0.2) is 0 Å². The molecule has 5 rings (SSSR count). The number of aromatic nitrogens is 2. The number of nitrogens with one attached hydrogen (secondary N) is 1. The molecule has 2 heterocycles. The summed E-state index contributed by atoms with van der Waals surface area (Å²) < 4.78 is 2.29. The Morgan fingerprint density at radius 1 is 0.947 bits per heavy atom. The van der Waals surface area contributed by atoms with Crippen LogP contribution in [0.15, 0.2) is 91.3 Å². The van der Waals surface area contributed by atoms with Crippen molar-refractivity contribution < 1.29 is 9.72 Å². The molecule has 0 aliphatic heterocycles. The zero-order valence-corrected chi connectivity index (χ0v) is 21.5. The summed E-state index contributed by atoms with van der Waals surface area (Å²) in [5.74, 6) is -0.186. The zero-order chi connectivity index (χ0) is 26.8. The van der Waals surface area contributed by atoms with E-state index in [0.29, 0.717) is 5.56 Å². The third kappa shape index (κ3) is 4.91. The summed E-state index contributed by atoms with van der Waals surface area (Å²) in [7, 11) is 0. The van der Waals surface area contributed by atoms with Gasteiger partial charge >= 0.3 is 0 Å². The van der Waals surface area contributed by atoms with Crippen LogP contribution in [0.5, 0.6) is 0 Å². The van der Waals surface area contributed by atoms with E-state index >= 15 is 0 Å². The molecule has 3 aromatic carbocycles. The third-order valence-corrected chi connectivity index (χ3v) is 7.16. The lowest BCUT2D eigenvalue weighted by atomic mass is 10.1. The number of nitro benzene ring substituents is 1. The standard InChI is InChI=1S/C31H28N4O3/c1-20-22(3)34(19-23-4-6-25(7-5-23)26-14-16-32-17-15-26)30-13-10-27(18-29(20)30)31(36)33-21(2)24-8-11-28(12-9-24)35(37)38/h4-18,21H,19H2,1-3H3,(H,33,36)/t21-/m0/s1. The molecular weight excluding hydrogens is 476 g/mol.